The van der Waals surface area contributed by atoms with Gasteiger partial charge in [-0.2, -0.15) is 0 Å². The molecule has 0 aliphatic rings. The molecule has 3 rings (SSSR count). The first-order valence-electron chi connectivity index (χ1n) is 9.88. The lowest BCUT2D eigenvalue weighted by molar-refractivity contribution is 0.0824. The van der Waals surface area contributed by atoms with E-state index in [2.05, 4.69) is 5.32 Å². The number of hydrogen-bond donors (Lipinski definition) is 2. The van der Waals surface area contributed by atoms with E-state index >= 15 is 0 Å². The second-order valence-corrected chi connectivity index (χ2v) is 7.07. The topological polar surface area (TPSA) is 90.2 Å². The van der Waals surface area contributed by atoms with E-state index in [1.807, 2.05) is 30.3 Å². The first kappa shape index (κ1) is 22.2. The Labute approximate surface area is 181 Å². The van der Waals surface area contributed by atoms with E-state index in [-0.39, 0.29) is 5.76 Å². The standard InChI is InChI=1S/C24H27NO6/c1-15(23(26)16-8-6-5-7-9-16)25-24(27)20-11-10-17(31-20)12-19-21(29-3)13-18(28-2)14-22(19)30-4/h5-11,13-15,23,26H,12H2,1-4H3,(H,25,27)/t15-,23-/m0/s1. The zero-order valence-electron chi connectivity index (χ0n) is 18.0. The Kier molecular flexibility index (Phi) is 7.20. The van der Waals surface area contributed by atoms with Gasteiger partial charge in [-0.15, -0.1) is 0 Å². The number of nitrogens with one attached hydrogen (secondary N) is 1. The lowest BCUT2D eigenvalue weighted by Gasteiger charge is -2.20. The van der Waals surface area contributed by atoms with Crippen molar-refractivity contribution < 1.29 is 28.5 Å². The third kappa shape index (κ3) is 5.19. The Hall–Kier alpha value is -3.45. The predicted octanol–water partition coefficient (Wildman–Crippen LogP) is 3.75. The van der Waals surface area contributed by atoms with Gasteiger partial charge in [-0.05, 0) is 24.6 Å². The quantitative estimate of drug-likeness (QED) is 0.543. The first-order chi connectivity index (χ1) is 15.0. The summed E-state index contributed by atoms with van der Waals surface area (Å²) in [5.41, 5.74) is 1.51. The summed E-state index contributed by atoms with van der Waals surface area (Å²) >= 11 is 0. The third-order valence-electron chi connectivity index (χ3n) is 5.03. The van der Waals surface area contributed by atoms with Gasteiger partial charge in [0.05, 0.1) is 33.5 Å². The van der Waals surface area contributed by atoms with Crippen molar-refractivity contribution >= 4 is 5.91 Å². The van der Waals surface area contributed by atoms with E-state index in [9.17, 15) is 9.90 Å². The molecule has 0 saturated carbocycles. The van der Waals surface area contributed by atoms with Gasteiger partial charge in [0.25, 0.3) is 5.91 Å². The highest BCUT2D eigenvalue weighted by Crippen LogP contribution is 2.35. The monoisotopic (exact) mass is 425 g/mol. The molecule has 0 spiro atoms. The Morgan fingerprint density at radius 2 is 1.65 bits per heavy atom. The zero-order chi connectivity index (χ0) is 22.4. The predicted molar refractivity (Wildman–Crippen MR) is 116 cm³/mol. The molecule has 0 unspecified atom stereocenters. The number of aliphatic hydroxyl groups excluding tert-OH is 1. The third-order valence-corrected chi connectivity index (χ3v) is 5.03. The van der Waals surface area contributed by atoms with Gasteiger partial charge in [0.2, 0.25) is 0 Å². The summed E-state index contributed by atoms with van der Waals surface area (Å²) in [6, 6.07) is 15.6. The molecule has 7 heteroatoms. The Morgan fingerprint density at radius 3 is 2.23 bits per heavy atom. The fraction of sp³-hybridized carbons (Fsp3) is 0.292. The van der Waals surface area contributed by atoms with E-state index in [1.165, 1.54) is 0 Å². The molecule has 0 radical (unpaired) electrons. The summed E-state index contributed by atoms with van der Waals surface area (Å²) in [4.78, 5) is 12.6. The van der Waals surface area contributed by atoms with Crippen molar-refractivity contribution in [1.82, 2.24) is 5.32 Å². The van der Waals surface area contributed by atoms with Crippen LogP contribution in [-0.2, 0) is 6.42 Å². The average Bonchev–Trinajstić information content (AvgIpc) is 3.27. The van der Waals surface area contributed by atoms with Crippen LogP contribution in [-0.4, -0.2) is 38.4 Å². The van der Waals surface area contributed by atoms with Crippen LogP contribution in [0.15, 0.2) is 59.0 Å². The number of carbonyl (C=O) groups excluding carboxylic acids is 1. The maximum absolute atomic E-state index is 12.6. The fourth-order valence-corrected chi connectivity index (χ4v) is 3.32. The van der Waals surface area contributed by atoms with Gasteiger partial charge in [0.1, 0.15) is 23.0 Å². The lowest BCUT2D eigenvalue weighted by Crippen LogP contribution is -2.36. The summed E-state index contributed by atoms with van der Waals surface area (Å²) in [6.45, 7) is 1.74. The molecule has 1 heterocycles. The van der Waals surface area contributed by atoms with E-state index in [0.717, 1.165) is 11.1 Å². The van der Waals surface area contributed by atoms with Gasteiger partial charge in [-0.3, -0.25) is 4.79 Å². The second-order valence-electron chi connectivity index (χ2n) is 7.07. The molecule has 1 amide bonds. The number of methoxy groups -OCH3 is 3. The highest BCUT2D eigenvalue weighted by Gasteiger charge is 2.21. The molecule has 0 fully saturated rings. The van der Waals surface area contributed by atoms with Crippen molar-refractivity contribution in [2.75, 3.05) is 21.3 Å². The molecule has 2 N–H and O–H groups in total. The van der Waals surface area contributed by atoms with E-state index in [1.54, 1.807) is 52.5 Å². The van der Waals surface area contributed by atoms with Crippen LogP contribution in [0.25, 0.3) is 0 Å². The highest BCUT2D eigenvalue weighted by molar-refractivity contribution is 5.91. The van der Waals surface area contributed by atoms with Crippen LogP contribution < -0.4 is 19.5 Å². The van der Waals surface area contributed by atoms with Gasteiger partial charge in [-0.25, -0.2) is 0 Å². The van der Waals surface area contributed by atoms with Gasteiger partial charge in [0.15, 0.2) is 5.76 Å². The molecule has 7 nitrogen and oxygen atoms in total. The molecule has 0 aliphatic heterocycles. The zero-order valence-corrected chi connectivity index (χ0v) is 18.0. The number of amides is 1. The Morgan fingerprint density at radius 1 is 1.00 bits per heavy atom. The van der Waals surface area contributed by atoms with E-state index < -0.39 is 18.1 Å². The number of hydrogen-bond acceptors (Lipinski definition) is 6. The molecule has 2 atom stereocenters. The minimum Gasteiger partial charge on any atom is -0.496 e. The number of rotatable bonds is 9. The van der Waals surface area contributed by atoms with Gasteiger partial charge in [0, 0.05) is 24.1 Å². The minimum atomic E-state index is -0.826. The molecule has 0 saturated heterocycles. The van der Waals surface area contributed by atoms with E-state index in [0.29, 0.717) is 29.4 Å². The molecular formula is C24H27NO6. The maximum Gasteiger partial charge on any atom is 0.287 e. The molecule has 164 valence electrons. The number of aliphatic hydroxyl groups is 1. The van der Waals surface area contributed by atoms with Crippen LogP contribution >= 0.6 is 0 Å². The normalized spacial score (nSPS) is 12.7. The first-order valence-corrected chi connectivity index (χ1v) is 9.88. The molecule has 2 aromatic carbocycles. The van der Waals surface area contributed by atoms with Crippen molar-refractivity contribution in [2.24, 2.45) is 0 Å². The molecule has 0 bridgehead atoms. The summed E-state index contributed by atoms with van der Waals surface area (Å²) in [7, 11) is 4.71. The fourth-order valence-electron chi connectivity index (χ4n) is 3.32. The summed E-state index contributed by atoms with van der Waals surface area (Å²) in [5, 5.41) is 13.2. The summed E-state index contributed by atoms with van der Waals surface area (Å²) < 4.78 is 22.0. The van der Waals surface area contributed by atoms with Crippen LogP contribution in [0.3, 0.4) is 0 Å². The molecule has 1 aromatic heterocycles. The number of ether oxygens (including phenoxy) is 3. The molecule has 3 aromatic rings. The van der Waals surface area contributed by atoms with Crippen molar-refractivity contribution in [3.05, 3.63) is 77.2 Å². The summed E-state index contributed by atoms with van der Waals surface area (Å²) in [5.74, 6) is 2.14. The van der Waals surface area contributed by atoms with Crippen molar-refractivity contribution in [2.45, 2.75) is 25.5 Å². The van der Waals surface area contributed by atoms with Gasteiger partial charge in [-0.1, -0.05) is 30.3 Å². The largest absolute Gasteiger partial charge is 0.496 e. The maximum atomic E-state index is 12.6. The summed E-state index contributed by atoms with van der Waals surface area (Å²) in [6.07, 6.45) is -0.460. The lowest BCUT2D eigenvalue weighted by atomic mass is 10.0. The van der Waals surface area contributed by atoms with Crippen LogP contribution in [0.4, 0.5) is 0 Å². The van der Waals surface area contributed by atoms with Gasteiger partial charge >= 0.3 is 0 Å². The Bertz CT molecular complexity index is 989. The number of carbonyl (C=O) groups is 1. The van der Waals surface area contributed by atoms with Crippen LogP contribution in [0.2, 0.25) is 0 Å². The van der Waals surface area contributed by atoms with Crippen molar-refractivity contribution in [3.8, 4) is 17.2 Å². The minimum absolute atomic E-state index is 0.161. The van der Waals surface area contributed by atoms with Gasteiger partial charge < -0.3 is 29.1 Å². The van der Waals surface area contributed by atoms with Crippen molar-refractivity contribution in [1.29, 1.82) is 0 Å². The smallest absolute Gasteiger partial charge is 0.287 e. The number of benzene rings is 2. The second kappa shape index (κ2) is 10.0. The van der Waals surface area contributed by atoms with E-state index in [4.69, 9.17) is 18.6 Å². The molecule has 31 heavy (non-hydrogen) atoms. The SMILES string of the molecule is COc1cc(OC)c(Cc2ccc(C(=O)N[C@@H](C)[C@H](O)c3ccccc3)o2)c(OC)c1. The van der Waals surface area contributed by atoms with Crippen LogP contribution in [0.1, 0.15) is 40.5 Å². The Balaban J connectivity index is 1.72. The molecule has 0 aliphatic carbocycles. The number of furan rings is 1. The molecular weight excluding hydrogens is 398 g/mol. The van der Waals surface area contributed by atoms with Crippen molar-refractivity contribution in [3.63, 3.8) is 0 Å². The van der Waals surface area contributed by atoms with Crippen LogP contribution in [0.5, 0.6) is 17.2 Å². The van der Waals surface area contributed by atoms with Crippen LogP contribution in [0, 0.1) is 0 Å². The highest BCUT2D eigenvalue weighted by atomic mass is 16.5. The average molecular weight is 425 g/mol.